The molecule has 0 unspecified atom stereocenters. The highest BCUT2D eigenvalue weighted by molar-refractivity contribution is 7.89. The van der Waals surface area contributed by atoms with Crippen LogP contribution in [0.2, 0.25) is 0 Å². The second-order valence-electron chi connectivity index (χ2n) is 5.97. The Labute approximate surface area is 142 Å². The fourth-order valence-electron chi connectivity index (χ4n) is 2.56. The zero-order valence-electron chi connectivity index (χ0n) is 13.7. The summed E-state index contributed by atoms with van der Waals surface area (Å²) >= 11 is 0. The van der Waals surface area contributed by atoms with Crippen molar-refractivity contribution in [3.8, 4) is 11.5 Å². The van der Waals surface area contributed by atoms with E-state index >= 15 is 0 Å². The maximum atomic E-state index is 12.5. The molecule has 4 nitrogen and oxygen atoms in total. The van der Waals surface area contributed by atoms with Crippen molar-refractivity contribution in [2.45, 2.75) is 25.4 Å². The quantitative estimate of drug-likeness (QED) is 0.702. The largest absolute Gasteiger partial charge is 0.444 e. The third-order valence-electron chi connectivity index (χ3n) is 3.82. The molecule has 0 atom stereocenters. The lowest BCUT2D eigenvalue weighted by molar-refractivity contribution is 0.571. The van der Waals surface area contributed by atoms with Gasteiger partial charge in [0.15, 0.2) is 9.84 Å². The van der Waals surface area contributed by atoms with Crippen molar-refractivity contribution in [1.82, 2.24) is 4.98 Å². The molecule has 0 saturated heterocycles. The van der Waals surface area contributed by atoms with E-state index in [1.54, 1.807) is 0 Å². The molecule has 0 saturated carbocycles. The van der Waals surface area contributed by atoms with Gasteiger partial charge in [-0.3, -0.25) is 0 Å². The van der Waals surface area contributed by atoms with Crippen LogP contribution >= 0.6 is 0 Å². The average molecular weight is 341 g/mol. The summed E-state index contributed by atoms with van der Waals surface area (Å²) in [7, 11) is -3.32. The minimum Gasteiger partial charge on any atom is -0.444 e. The van der Waals surface area contributed by atoms with Crippen molar-refractivity contribution in [3.05, 3.63) is 77.2 Å². The molecule has 0 amide bonds. The molecular weight excluding hydrogens is 322 g/mol. The minimum absolute atomic E-state index is 0.00798. The zero-order chi connectivity index (χ0) is 17.2. The molecule has 0 N–H and O–H groups in total. The molecule has 3 rings (SSSR count). The van der Waals surface area contributed by atoms with Crippen LogP contribution in [0.15, 0.2) is 59.2 Å². The molecule has 24 heavy (non-hydrogen) atoms. The molecule has 2 aromatic carbocycles. The lowest BCUT2D eigenvalue weighted by Crippen LogP contribution is -2.09. The summed E-state index contributed by atoms with van der Waals surface area (Å²) in [5.41, 5.74) is 4.13. The van der Waals surface area contributed by atoms with Gasteiger partial charge in [-0.15, -0.1) is 0 Å². The Hall–Kier alpha value is -2.40. The van der Waals surface area contributed by atoms with E-state index in [0.717, 1.165) is 22.3 Å². The Balaban J connectivity index is 1.78. The molecule has 1 aromatic heterocycles. The SMILES string of the molecule is Cc1ccc(C)c(CS(=O)(=O)Cc2coc(-c3ccccc3)n2)c1. The van der Waals surface area contributed by atoms with Gasteiger partial charge in [-0.2, -0.15) is 0 Å². The minimum atomic E-state index is -3.32. The summed E-state index contributed by atoms with van der Waals surface area (Å²) in [6.07, 6.45) is 1.42. The molecule has 5 heteroatoms. The molecule has 0 aliphatic rings. The number of nitrogens with zero attached hydrogens (tertiary/aromatic N) is 1. The van der Waals surface area contributed by atoms with Crippen LogP contribution in [0.25, 0.3) is 11.5 Å². The van der Waals surface area contributed by atoms with E-state index in [1.165, 1.54) is 6.26 Å². The Kier molecular flexibility index (Phi) is 4.53. The summed E-state index contributed by atoms with van der Waals surface area (Å²) < 4.78 is 30.4. The standard InChI is InChI=1S/C19H19NO3S/c1-14-8-9-15(2)17(10-14)12-24(21,22)13-18-11-23-19(20-18)16-6-4-3-5-7-16/h3-11H,12-13H2,1-2H3. The van der Waals surface area contributed by atoms with Crippen LogP contribution in [0, 0.1) is 13.8 Å². The molecule has 0 bridgehead atoms. The van der Waals surface area contributed by atoms with Gasteiger partial charge in [-0.25, -0.2) is 13.4 Å². The van der Waals surface area contributed by atoms with E-state index in [9.17, 15) is 8.42 Å². The van der Waals surface area contributed by atoms with Gasteiger partial charge in [0.2, 0.25) is 5.89 Å². The van der Waals surface area contributed by atoms with Gasteiger partial charge in [0, 0.05) is 5.56 Å². The predicted molar refractivity (Wildman–Crippen MR) is 94.2 cm³/mol. The molecule has 0 aliphatic heterocycles. The third-order valence-corrected chi connectivity index (χ3v) is 5.31. The Morgan fingerprint density at radius 2 is 1.75 bits per heavy atom. The van der Waals surface area contributed by atoms with E-state index in [2.05, 4.69) is 4.98 Å². The van der Waals surface area contributed by atoms with E-state index in [0.29, 0.717) is 11.6 Å². The summed E-state index contributed by atoms with van der Waals surface area (Å²) in [5.74, 6) is 0.317. The lowest BCUT2D eigenvalue weighted by Gasteiger charge is -2.07. The van der Waals surface area contributed by atoms with E-state index in [-0.39, 0.29) is 11.5 Å². The van der Waals surface area contributed by atoms with Crippen molar-refractivity contribution < 1.29 is 12.8 Å². The molecular formula is C19H19NO3S. The van der Waals surface area contributed by atoms with Gasteiger partial charge in [-0.05, 0) is 37.1 Å². The highest BCUT2D eigenvalue weighted by atomic mass is 32.2. The van der Waals surface area contributed by atoms with Crippen molar-refractivity contribution in [2.75, 3.05) is 0 Å². The number of aryl methyl sites for hydroxylation is 2. The number of hydrogen-bond donors (Lipinski definition) is 0. The van der Waals surface area contributed by atoms with Crippen molar-refractivity contribution in [1.29, 1.82) is 0 Å². The Morgan fingerprint density at radius 1 is 1.00 bits per heavy atom. The number of rotatable bonds is 5. The maximum Gasteiger partial charge on any atom is 0.226 e. The van der Waals surface area contributed by atoms with Crippen LogP contribution in [0.1, 0.15) is 22.4 Å². The highest BCUT2D eigenvalue weighted by Crippen LogP contribution is 2.21. The molecule has 124 valence electrons. The monoisotopic (exact) mass is 341 g/mol. The fourth-order valence-corrected chi connectivity index (χ4v) is 4.03. The van der Waals surface area contributed by atoms with Crippen LogP contribution in [0.5, 0.6) is 0 Å². The number of aromatic nitrogens is 1. The first kappa shape index (κ1) is 16.5. The van der Waals surface area contributed by atoms with Gasteiger partial charge in [0.1, 0.15) is 6.26 Å². The van der Waals surface area contributed by atoms with Gasteiger partial charge >= 0.3 is 0 Å². The molecule has 1 heterocycles. The molecule has 0 aliphatic carbocycles. The molecule has 0 fully saturated rings. The zero-order valence-corrected chi connectivity index (χ0v) is 14.5. The number of benzene rings is 2. The van der Waals surface area contributed by atoms with Gasteiger partial charge in [0.05, 0.1) is 17.2 Å². The smallest absolute Gasteiger partial charge is 0.226 e. The first-order chi connectivity index (χ1) is 11.4. The fraction of sp³-hybridized carbons (Fsp3) is 0.211. The van der Waals surface area contributed by atoms with E-state index < -0.39 is 9.84 Å². The summed E-state index contributed by atoms with van der Waals surface area (Å²) in [6, 6.07) is 15.3. The van der Waals surface area contributed by atoms with Gasteiger partial charge < -0.3 is 4.42 Å². The average Bonchev–Trinajstić information content (AvgIpc) is 2.99. The first-order valence-electron chi connectivity index (χ1n) is 7.69. The van der Waals surface area contributed by atoms with Crippen molar-refractivity contribution in [3.63, 3.8) is 0 Å². The van der Waals surface area contributed by atoms with Crippen LogP contribution < -0.4 is 0 Å². The Bertz CT molecular complexity index is 944. The molecule has 0 spiro atoms. The topological polar surface area (TPSA) is 60.2 Å². The van der Waals surface area contributed by atoms with E-state index in [1.807, 2.05) is 62.4 Å². The second kappa shape index (κ2) is 6.61. The van der Waals surface area contributed by atoms with Crippen molar-refractivity contribution in [2.24, 2.45) is 0 Å². The van der Waals surface area contributed by atoms with Gasteiger partial charge in [-0.1, -0.05) is 42.0 Å². The van der Waals surface area contributed by atoms with Crippen LogP contribution in [-0.2, 0) is 21.3 Å². The van der Waals surface area contributed by atoms with Crippen LogP contribution in [0.3, 0.4) is 0 Å². The normalized spacial score (nSPS) is 11.6. The molecule has 3 aromatic rings. The predicted octanol–water partition coefficient (Wildman–Crippen LogP) is 4.07. The highest BCUT2D eigenvalue weighted by Gasteiger charge is 2.18. The Morgan fingerprint density at radius 3 is 2.50 bits per heavy atom. The third kappa shape index (κ3) is 3.92. The van der Waals surface area contributed by atoms with Crippen molar-refractivity contribution >= 4 is 9.84 Å². The maximum absolute atomic E-state index is 12.5. The summed E-state index contributed by atoms with van der Waals surface area (Å²) in [6.45, 7) is 3.88. The summed E-state index contributed by atoms with van der Waals surface area (Å²) in [4.78, 5) is 4.30. The summed E-state index contributed by atoms with van der Waals surface area (Å²) in [5, 5.41) is 0. The molecule has 0 radical (unpaired) electrons. The van der Waals surface area contributed by atoms with E-state index in [4.69, 9.17) is 4.42 Å². The number of sulfone groups is 1. The van der Waals surface area contributed by atoms with Gasteiger partial charge in [0.25, 0.3) is 0 Å². The van der Waals surface area contributed by atoms with Crippen LogP contribution in [0.4, 0.5) is 0 Å². The van der Waals surface area contributed by atoms with Crippen LogP contribution in [-0.4, -0.2) is 13.4 Å². The first-order valence-corrected chi connectivity index (χ1v) is 9.51. The lowest BCUT2D eigenvalue weighted by atomic mass is 10.1. The number of oxazole rings is 1. The second-order valence-corrected chi connectivity index (χ2v) is 8.04. The number of hydrogen-bond acceptors (Lipinski definition) is 4.